The molecule has 1 aliphatic rings. The van der Waals surface area contributed by atoms with E-state index >= 15 is 0 Å². The minimum atomic E-state index is 0.639. The molecule has 1 N–H and O–H groups in total. The van der Waals surface area contributed by atoms with Crippen LogP contribution in [0.15, 0.2) is 61.1 Å². The van der Waals surface area contributed by atoms with Gasteiger partial charge < -0.3 is 10.2 Å². The number of benzene rings is 2. The van der Waals surface area contributed by atoms with Gasteiger partial charge in [-0.25, -0.2) is 4.98 Å². The number of likely N-dealkylation sites (tertiary alicyclic amines) is 1. The van der Waals surface area contributed by atoms with Crippen LogP contribution in [0.1, 0.15) is 6.42 Å². The fourth-order valence-corrected chi connectivity index (χ4v) is 4.87. The first-order valence-corrected chi connectivity index (χ1v) is 11.1. The largest absolute Gasteiger partial charge is 0.338 e. The standard InChI is InChI=1S/C24H23Cl2N5/c1-30-8-7-16(13-30)14-31-15-20(12-28-31)29-23-10-19-9-17(5-6-18(19)11-27-23)24-21(25)3-2-4-22(24)26/h2-6,9-12,15-16H,7-8,13-14H2,1H3,(H,27,29)/t16-/m1/s1. The average Bonchev–Trinajstić information content (AvgIpc) is 3.36. The zero-order chi connectivity index (χ0) is 21.4. The van der Waals surface area contributed by atoms with Gasteiger partial charge in [0.15, 0.2) is 0 Å². The highest BCUT2D eigenvalue weighted by atomic mass is 35.5. The lowest BCUT2D eigenvalue weighted by Crippen LogP contribution is -2.17. The Morgan fingerprint density at radius 2 is 1.90 bits per heavy atom. The van der Waals surface area contributed by atoms with Crippen molar-refractivity contribution in [1.82, 2.24) is 19.7 Å². The molecule has 0 unspecified atom stereocenters. The Bertz CT molecular complexity index is 1220. The molecule has 3 heterocycles. The van der Waals surface area contributed by atoms with Crippen LogP contribution in [-0.4, -0.2) is 39.8 Å². The van der Waals surface area contributed by atoms with E-state index in [9.17, 15) is 0 Å². The van der Waals surface area contributed by atoms with Crippen LogP contribution in [0, 0.1) is 5.92 Å². The maximum atomic E-state index is 6.40. The van der Waals surface area contributed by atoms with E-state index in [1.54, 1.807) is 0 Å². The van der Waals surface area contributed by atoms with E-state index in [0.717, 1.165) is 46.5 Å². The van der Waals surface area contributed by atoms with Crippen LogP contribution in [0.4, 0.5) is 11.5 Å². The van der Waals surface area contributed by atoms with Crippen molar-refractivity contribution < 1.29 is 0 Å². The fraction of sp³-hybridized carbons (Fsp3) is 0.250. The predicted molar refractivity (Wildman–Crippen MR) is 128 cm³/mol. The molecule has 4 aromatic rings. The molecule has 1 saturated heterocycles. The van der Waals surface area contributed by atoms with Crippen molar-refractivity contribution in [3.8, 4) is 11.1 Å². The van der Waals surface area contributed by atoms with Crippen molar-refractivity contribution in [2.45, 2.75) is 13.0 Å². The summed E-state index contributed by atoms with van der Waals surface area (Å²) >= 11 is 12.8. The quantitative estimate of drug-likeness (QED) is 0.398. The van der Waals surface area contributed by atoms with Crippen molar-refractivity contribution in [1.29, 1.82) is 0 Å². The van der Waals surface area contributed by atoms with Crippen LogP contribution < -0.4 is 5.32 Å². The van der Waals surface area contributed by atoms with E-state index in [4.69, 9.17) is 23.2 Å². The van der Waals surface area contributed by atoms with Crippen LogP contribution >= 0.6 is 23.2 Å². The van der Waals surface area contributed by atoms with Gasteiger partial charge in [0.1, 0.15) is 5.82 Å². The van der Waals surface area contributed by atoms with Crippen LogP contribution in [0.25, 0.3) is 21.9 Å². The number of hydrogen-bond acceptors (Lipinski definition) is 4. The maximum Gasteiger partial charge on any atom is 0.130 e. The molecule has 1 fully saturated rings. The van der Waals surface area contributed by atoms with Gasteiger partial charge in [0.2, 0.25) is 0 Å². The summed E-state index contributed by atoms with van der Waals surface area (Å²) in [5, 5.41) is 11.3. The van der Waals surface area contributed by atoms with Crippen molar-refractivity contribution >= 4 is 45.5 Å². The average molecular weight is 452 g/mol. The van der Waals surface area contributed by atoms with Crippen LogP contribution in [0.2, 0.25) is 10.0 Å². The Hall–Kier alpha value is -2.60. The maximum absolute atomic E-state index is 6.40. The molecule has 0 saturated carbocycles. The van der Waals surface area contributed by atoms with Crippen LogP contribution in [0.5, 0.6) is 0 Å². The first-order chi connectivity index (χ1) is 15.0. The lowest BCUT2D eigenvalue weighted by atomic mass is 10.0. The van der Waals surface area contributed by atoms with E-state index in [1.165, 1.54) is 13.0 Å². The van der Waals surface area contributed by atoms with Gasteiger partial charge in [-0.15, -0.1) is 0 Å². The molecule has 2 aromatic carbocycles. The second kappa shape index (κ2) is 8.50. The summed E-state index contributed by atoms with van der Waals surface area (Å²) in [7, 11) is 2.17. The number of nitrogens with zero attached hydrogens (tertiary/aromatic N) is 4. The summed E-state index contributed by atoms with van der Waals surface area (Å²) < 4.78 is 2.02. The van der Waals surface area contributed by atoms with Gasteiger partial charge in [-0.1, -0.05) is 41.4 Å². The highest BCUT2D eigenvalue weighted by molar-refractivity contribution is 6.39. The van der Waals surface area contributed by atoms with E-state index in [1.807, 2.05) is 59.7 Å². The number of hydrogen-bond donors (Lipinski definition) is 1. The van der Waals surface area contributed by atoms with Gasteiger partial charge in [-0.2, -0.15) is 5.10 Å². The Kier molecular flexibility index (Phi) is 5.57. The van der Waals surface area contributed by atoms with Crippen LogP contribution in [0.3, 0.4) is 0 Å². The van der Waals surface area contributed by atoms with Gasteiger partial charge in [-0.3, -0.25) is 4.68 Å². The summed E-state index contributed by atoms with van der Waals surface area (Å²) in [5.74, 6) is 1.43. The molecule has 0 bridgehead atoms. The molecule has 5 nitrogen and oxygen atoms in total. The van der Waals surface area contributed by atoms with Crippen molar-refractivity contribution in [2.75, 3.05) is 25.5 Å². The lowest BCUT2D eigenvalue weighted by Gasteiger charge is -2.10. The van der Waals surface area contributed by atoms with E-state index in [2.05, 4.69) is 33.4 Å². The summed E-state index contributed by atoms with van der Waals surface area (Å²) in [6.45, 7) is 3.24. The minimum Gasteiger partial charge on any atom is -0.338 e. The number of aromatic nitrogens is 3. The van der Waals surface area contributed by atoms with Crippen molar-refractivity contribution in [3.63, 3.8) is 0 Å². The molecule has 5 rings (SSSR count). The number of halogens is 2. The van der Waals surface area contributed by atoms with Crippen molar-refractivity contribution in [2.24, 2.45) is 5.92 Å². The Morgan fingerprint density at radius 3 is 2.68 bits per heavy atom. The summed E-state index contributed by atoms with van der Waals surface area (Å²) in [6.07, 6.45) is 6.99. The second-order valence-corrected chi connectivity index (χ2v) is 9.04. The highest BCUT2D eigenvalue weighted by Crippen LogP contribution is 2.36. The first-order valence-electron chi connectivity index (χ1n) is 10.4. The molecule has 0 radical (unpaired) electrons. The molecule has 7 heteroatoms. The summed E-state index contributed by atoms with van der Waals surface area (Å²) in [6, 6.07) is 13.8. The Balaban J connectivity index is 1.37. The van der Waals surface area contributed by atoms with Gasteiger partial charge in [0, 0.05) is 46.5 Å². The molecule has 1 atom stereocenters. The third-order valence-corrected chi connectivity index (χ3v) is 6.44. The second-order valence-electron chi connectivity index (χ2n) is 8.22. The number of fused-ring (bicyclic) bond motifs is 1. The zero-order valence-corrected chi connectivity index (χ0v) is 18.7. The first kappa shape index (κ1) is 20.3. The molecule has 31 heavy (non-hydrogen) atoms. The Morgan fingerprint density at radius 1 is 1.06 bits per heavy atom. The molecule has 1 aliphatic heterocycles. The number of anilines is 2. The van der Waals surface area contributed by atoms with Crippen molar-refractivity contribution in [3.05, 3.63) is 71.1 Å². The van der Waals surface area contributed by atoms with Gasteiger partial charge in [-0.05, 0) is 61.1 Å². The van der Waals surface area contributed by atoms with Crippen LogP contribution in [-0.2, 0) is 6.54 Å². The minimum absolute atomic E-state index is 0.639. The Labute approximate surface area is 191 Å². The third kappa shape index (κ3) is 4.40. The zero-order valence-electron chi connectivity index (χ0n) is 17.2. The summed E-state index contributed by atoms with van der Waals surface area (Å²) in [5.41, 5.74) is 2.76. The van der Waals surface area contributed by atoms with Gasteiger partial charge in [0.05, 0.1) is 11.9 Å². The molecule has 158 valence electrons. The third-order valence-electron chi connectivity index (χ3n) is 5.81. The van der Waals surface area contributed by atoms with Gasteiger partial charge in [0.25, 0.3) is 0 Å². The molecule has 0 aliphatic carbocycles. The van der Waals surface area contributed by atoms with E-state index in [-0.39, 0.29) is 0 Å². The molecular formula is C24H23Cl2N5. The molecule has 0 spiro atoms. The SMILES string of the molecule is CN1CC[C@@H](Cn2cc(Nc3cc4cc(-c5c(Cl)cccc5Cl)ccc4cn3)cn2)C1. The predicted octanol–water partition coefficient (Wildman–Crippen LogP) is 6.10. The smallest absolute Gasteiger partial charge is 0.130 e. The molecule has 2 aromatic heterocycles. The monoisotopic (exact) mass is 451 g/mol. The van der Waals surface area contributed by atoms with Gasteiger partial charge >= 0.3 is 0 Å². The topological polar surface area (TPSA) is 46.0 Å². The highest BCUT2D eigenvalue weighted by Gasteiger charge is 2.20. The number of nitrogens with one attached hydrogen (secondary N) is 1. The van der Waals surface area contributed by atoms with E-state index in [0.29, 0.717) is 16.0 Å². The molecule has 0 amide bonds. The normalized spacial score (nSPS) is 16.8. The lowest BCUT2D eigenvalue weighted by molar-refractivity contribution is 0.370. The fourth-order valence-electron chi connectivity index (χ4n) is 4.25. The summed E-state index contributed by atoms with van der Waals surface area (Å²) in [4.78, 5) is 6.93. The van der Waals surface area contributed by atoms with E-state index < -0.39 is 0 Å². The number of rotatable bonds is 5. The molecular weight excluding hydrogens is 429 g/mol. The number of pyridine rings is 1.